The fourth-order valence-electron chi connectivity index (χ4n) is 2.29. The number of carboxylic acids is 1. The molecule has 8 heteroatoms. The van der Waals surface area contributed by atoms with Gasteiger partial charge in [-0.2, -0.15) is 0 Å². The van der Waals surface area contributed by atoms with Crippen molar-refractivity contribution in [2.45, 2.75) is 18.2 Å². The third-order valence-corrected chi connectivity index (χ3v) is 3.45. The van der Waals surface area contributed by atoms with Crippen LogP contribution in [0.2, 0.25) is 0 Å². The minimum Gasteiger partial charge on any atom is -0.480 e. The number of dihydropyridines is 1. The van der Waals surface area contributed by atoms with Crippen molar-refractivity contribution in [1.82, 2.24) is 10.1 Å². The van der Waals surface area contributed by atoms with Gasteiger partial charge in [-0.15, -0.1) is 0 Å². The molecular formula is C15H12FN3O4. The summed E-state index contributed by atoms with van der Waals surface area (Å²) in [6, 6.07) is 2.46. The highest BCUT2D eigenvalue weighted by Gasteiger charge is 2.49. The fraction of sp³-hybridized carbons (Fsp3) is 0.200. The van der Waals surface area contributed by atoms with Gasteiger partial charge in [-0.25, -0.2) is 4.39 Å². The monoisotopic (exact) mass is 317 g/mol. The Morgan fingerprint density at radius 2 is 2.30 bits per heavy atom. The molecule has 0 aliphatic carbocycles. The van der Waals surface area contributed by atoms with Crippen LogP contribution < -0.4 is 0 Å². The van der Waals surface area contributed by atoms with E-state index in [9.17, 15) is 14.3 Å². The standard InChI is InChI=1S/C15H12FN3O4/c16-11-2-3-12(18-7-11)15(14(20)21)4-1-5-17-13(15)22-8-10-6-19-23-9-10/h1-7,9,13H,8H2,(H,20,21). The lowest BCUT2D eigenvalue weighted by molar-refractivity contribution is -0.148. The lowest BCUT2D eigenvalue weighted by Crippen LogP contribution is -2.47. The molecule has 0 radical (unpaired) electrons. The van der Waals surface area contributed by atoms with Crippen LogP contribution in [0.5, 0.6) is 0 Å². The Morgan fingerprint density at radius 3 is 2.96 bits per heavy atom. The lowest BCUT2D eigenvalue weighted by atomic mass is 9.80. The Kier molecular flexibility index (Phi) is 3.98. The molecule has 0 bridgehead atoms. The van der Waals surface area contributed by atoms with Gasteiger partial charge in [0.25, 0.3) is 0 Å². The van der Waals surface area contributed by atoms with E-state index < -0.39 is 23.4 Å². The highest BCUT2D eigenvalue weighted by molar-refractivity contribution is 5.88. The van der Waals surface area contributed by atoms with Gasteiger partial charge >= 0.3 is 5.97 Å². The number of aromatic nitrogens is 2. The SMILES string of the molecule is O=C(O)C1(c2ccc(F)cn2)C=CC=NC1OCc1cnoc1. The highest BCUT2D eigenvalue weighted by Crippen LogP contribution is 2.34. The van der Waals surface area contributed by atoms with E-state index in [-0.39, 0.29) is 12.3 Å². The zero-order valence-electron chi connectivity index (χ0n) is 11.8. The molecule has 7 nitrogen and oxygen atoms in total. The van der Waals surface area contributed by atoms with Crippen molar-refractivity contribution >= 4 is 12.2 Å². The Hall–Kier alpha value is -2.87. The van der Waals surface area contributed by atoms with Crippen molar-refractivity contribution in [1.29, 1.82) is 0 Å². The summed E-state index contributed by atoms with van der Waals surface area (Å²) in [6.07, 6.45) is 7.13. The number of allylic oxidation sites excluding steroid dienone is 1. The molecule has 2 aromatic heterocycles. The molecule has 3 rings (SSSR count). The number of aliphatic imine (C=N–C) groups is 1. The molecule has 2 atom stereocenters. The van der Waals surface area contributed by atoms with Crippen molar-refractivity contribution in [3.63, 3.8) is 0 Å². The molecule has 1 aliphatic heterocycles. The summed E-state index contributed by atoms with van der Waals surface area (Å²) in [5, 5.41) is 13.3. The molecule has 0 saturated carbocycles. The summed E-state index contributed by atoms with van der Waals surface area (Å²) in [5.74, 6) is -1.75. The number of hydrogen-bond acceptors (Lipinski definition) is 6. The zero-order chi connectivity index (χ0) is 16.3. The minimum absolute atomic E-state index is 0.0651. The molecule has 2 aromatic rings. The first-order valence-corrected chi connectivity index (χ1v) is 6.69. The molecule has 1 aliphatic rings. The van der Waals surface area contributed by atoms with Crippen molar-refractivity contribution in [2.24, 2.45) is 4.99 Å². The van der Waals surface area contributed by atoms with Crippen LogP contribution in [0.3, 0.4) is 0 Å². The van der Waals surface area contributed by atoms with Crippen molar-refractivity contribution in [3.8, 4) is 0 Å². The van der Waals surface area contributed by atoms with Crippen LogP contribution in [-0.4, -0.2) is 33.7 Å². The summed E-state index contributed by atoms with van der Waals surface area (Å²) in [7, 11) is 0. The Bertz CT molecular complexity index is 743. The maximum Gasteiger partial charge on any atom is 0.324 e. The van der Waals surface area contributed by atoms with E-state index in [2.05, 4.69) is 15.1 Å². The van der Waals surface area contributed by atoms with Gasteiger partial charge in [-0.1, -0.05) is 11.2 Å². The second kappa shape index (κ2) is 6.09. The number of ether oxygens (including phenoxy) is 1. The van der Waals surface area contributed by atoms with Gasteiger partial charge < -0.3 is 14.4 Å². The lowest BCUT2D eigenvalue weighted by Gasteiger charge is -2.32. The molecule has 3 heterocycles. The predicted molar refractivity (Wildman–Crippen MR) is 76.2 cm³/mol. The van der Waals surface area contributed by atoms with E-state index in [0.717, 1.165) is 12.3 Å². The number of hydrogen-bond donors (Lipinski definition) is 1. The van der Waals surface area contributed by atoms with Gasteiger partial charge in [-0.3, -0.25) is 14.8 Å². The summed E-state index contributed by atoms with van der Waals surface area (Å²) >= 11 is 0. The van der Waals surface area contributed by atoms with E-state index in [1.54, 1.807) is 0 Å². The first-order chi connectivity index (χ1) is 11.1. The smallest absolute Gasteiger partial charge is 0.324 e. The van der Waals surface area contributed by atoms with E-state index in [0.29, 0.717) is 5.56 Å². The first kappa shape index (κ1) is 15.0. The van der Waals surface area contributed by atoms with Crippen LogP contribution in [0, 0.1) is 5.82 Å². The van der Waals surface area contributed by atoms with Crippen molar-refractivity contribution in [2.75, 3.05) is 0 Å². The fourth-order valence-corrected chi connectivity index (χ4v) is 2.29. The summed E-state index contributed by atoms with van der Waals surface area (Å²) in [6.45, 7) is 0.0651. The van der Waals surface area contributed by atoms with Gasteiger partial charge in [0.15, 0.2) is 11.6 Å². The van der Waals surface area contributed by atoms with Gasteiger partial charge in [0, 0.05) is 11.8 Å². The number of aliphatic carboxylic acids is 1. The third kappa shape index (κ3) is 2.76. The number of rotatable bonds is 5. The Balaban J connectivity index is 1.94. The predicted octanol–water partition coefficient (Wildman–Crippen LogP) is 1.71. The van der Waals surface area contributed by atoms with E-state index >= 15 is 0 Å². The second-order valence-corrected chi connectivity index (χ2v) is 4.89. The molecular weight excluding hydrogens is 305 g/mol. The maximum atomic E-state index is 13.1. The molecule has 23 heavy (non-hydrogen) atoms. The van der Waals surface area contributed by atoms with Gasteiger partial charge in [-0.05, 0) is 18.2 Å². The largest absolute Gasteiger partial charge is 0.480 e. The van der Waals surface area contributed by atoms with Crippen LogP contribution in [0.4, 0.5) is 4.39 Å². The summed E-state index contributed by atoms with van der Waals surface area (Å²) < 4.78 is 23.4. The maximum absolute atomic E-state index is 13.1. The quantitative estimate of drug-likeness (QED) is 0.901. The number of halogens is 1. The van der Waals surface area contributed by atoms with E-state index in [1.165, 1.54) is 36.9 Å². The number of nitrogens with zero attached hydrogens (tertiary/aromatic N) is 3. The van der Waals surface area contributed by atoms with E-state index in [4.69, 9.17) is 9.26 Å². The summed E-state index contributed by atoms with van der Waals surface area (Å²) in [5.41, 5.74) is -0.865. The topological polar surface area (TPSA) is 97.8 Å². The normalized spacial score (nSPS) is 23.1. The third-order valence-electron chi connectivity index (χ3n) is 3.45. The molecule has 0 saturated heterocycles. The Morgan fingerprint density at radius 1 is 1.43 bits per heavy atom. The zero-order valence-corrected chi connectivity index (χ0v) is 11.8. The molecule has 0 amide bonds. The molecule has 0 spiro atoms. The first-order valence-electron chi connectivity index (χ1n) is 6.69. The average molecular weight is 317 g/mol. The van der Waals surface area contributed by atoms with E-state index in [1.807, 2.05) is 0 Å². The summed E-state index contributed by atoms with van der Waals surface area (Å²) in [4.78, 5) is 20.0. The second-order valence-electron chi connectivity index (χ2n) is 4.89. The van der Waals surface area contributed by atoms with Crippen LogP contribution in [0.15, 0.2) is 52.5 Å². The molecule has 0 fully saturated rings. The average Bonchev–Trinajstić information content (AvgIpc) is 3.07. The van der Waals surface area contributed by atoms with Gasteiger partial charge in [0.1, 0.15) is 12.1 Å². The minimum atomic E-state index is -1.64. The van der Waals surface area contributed by atoms with Crippen LogP contribution in [0.1, 0.15) is 11.3 Å². The van der Waals surface area contributed by atoms with Crippen LogP contribution in [0.25, 0.3) is 0 Å². The van der Waals surface area contributed by atoms with Gasteiger partial charge in [0.2, 0.25) is 0 Å². The van der Waals surface area contributed by atoms with Crippen molar-refractivity contribution in [3.05, 3.63) is 60.0 Å². The number of carbonyl (C=O) groups is 1. The van der Waals surface area contributed by atoms with Crippen LogP contribution in [-0.2, 0) is 21.6 Å². The van der Waals surface area contributed by atoms with Crippen molar-refractivity contribution < 1.29 is 23.6 Å². The Labute approximate surface area is 130 Å². The highest BCUT2D eigenvalue weighted by atomic mass is 19.1. The molecule has 0 aromatic carbocycles. The van der Waals surface area contributed by atoms with Crippen LogP contribution >= 0.6 is 0 Å². The molecule has 2 unspecified atom stereocenters. The number of pyridine rings is 1. The molecule has 1 N–H and O–H groups in total. The van der Waals surface area contributed by atoms with Gasteiger partial charge in [0.05, 0.1) is 24.7 Å². The molecule has 118 valence electrons. The number of carboxylic acid groups (broad SMARTS) is 1.